The van der Waals surface area contributed by atoms with E-state index in [1.807, 2.05) is 24.3 Å². The number of Topliss-reactive ketones (excluding diaryl/α,β-unsaturated/α-hetero) is 1. The maximum absolute atomic E-state index is 12.2. The highest BCUT2D eigenvalue weighted by Crippen LogP contribution is 2.36. The van der Waals surface area contributed by atoms with Crippen molar-refractivity contribution < 1.29 is 4.79 Å². The molecule has 0 atom stereocenters. The van der Waals surface area contributed by atoms with Gasteiger partial charge in [0.05, 0.1) is 5.75 Å². The predicted octanol–water partition coefficient (Wildman–Crippen LogP) is 2.83. The van der Waals surface area contributed by atoms with E-state index in [1.54, 1.807) is 4.57 Å². The molecular weight excluding hydrogens is 298 g/mol. The number of aromatic nitrogens is 3. The van der Waals surface area contributed by atoms with Crippen LogP contribution < -0.4 is 5.69 Å². The lowest BCUT2D eigenvalue weighted by Crippen LogP contribution is -2.16. The van der Waals surface area contributed by atoms with Crippen LogP contribution in [0.5, 0.6) is 0 Å². The van der Waals surface area contributed by atoms with E-state index in [1.165, 1.54) is 17.3 Å². The van der Waals surface area contributed by atoms with E-state index in [4.69, 9.17) is 0 Å². The summed E-state index contributed by atoms with van der Waals surface area (Å²) in [6, 6.07) is 8.04. The van der Waals surface area contributed by atoms with Gasteiger partial charge >= 0.3 is 5.69 Å². The normalized spacial score (nSPS) is 14.2. The largest absolute Gasteiger partial charge is 0.344 e. The number of carbonyl (C=O) groups is 1. The first-order valence-corrected chi connectivity index (χ1v) is 8.59. The number of hydrogen-bond acceptors (Lipinski definition) is 4. The Morgan fingerprint density at radius 2 is 2.09 bits per heavy atom. The van der Waals surface area contributed by atoms with Gasteiger partial charge < -0.3 is 0 Å². The van der Waals surface area contributed by atoms with Crippen molar-refractivity contribution in [2.45, 2.75) is 43.8 Å². The van der Waals surface area contributed by atoms with Crippen LogP contribution in [0.15, 0.2) is 34.2 Å². The first-order chi connectivity index (χ1) is 10.7. The van der Waals surface area contributed by atoms with E-state index in [9.17, 15) is 9.59 Å². The third kappa shape index (κ3) is 3.32. The number of aromatic amines is 1. The number of thioether (sulfide) groups is 1. The monoisotopic (exact) mass is 317 g/mol. The Kier molecular flexibility index (Phi) is 4.47. The quantitative estimate of drug-likeness (QED) is 0.630. The Morgan fingerprint density at radius 3 is 2.73 bits per heavy atom. The van der Waals surface area contributed by atoms with Crippen LogP contribution in [0.2, 0.25) is 0 Å². The first kappa shape index (κ1) is 15.1. The van der Waals surface area contributed by atoms with Gasteiger partial charge in [0.25, 0.3) is 0 Å². The highest BCUT2D eigenvalue weighted by molar-refractivity contribution is 7.99. The molecule has 22 heavy (non-hydrogen) atoms. The van der Waals surface area contributed by atoms with Gasteiger partial charge in [-0.3, -0.25) is 9.36 Å². The zero-order valence-corrected chi connectivity index (χ0v) is 13.4. The summed E-state index contributed by atoms with van der Waals surface area (Å²) < 4.78 is 1.67. The Balaban J connectivity index is 1.63. The fourth-order valence-corrected chi connectivity index (χ4v) is 3.31. The van der Waals surface area contributed by atoms with Gasteiger partial charge in [0.15, 0.2) is 10.9 Å². The molecule has 2 aromatic rings. The number of rotatable bonds is 7. The van der Waals surface area contributed by atoms with Gasteiger partial charge in [0, 0.05) is 11.6 Å². The van der Waals surface area contributed by atoms with Gasteiger partial charge in [-0.1, -0.05) is 49.4 Å². The molecule has 5 nitrogen and oxygen atoms in total. The molecule has 0 saturated heterocycles. The maximum Gasteiger partial charge on any atom is 0.344 e. The van der Waals surface area contributed by atoms with E-state index >= 15 is 0 Å². The minimum Gasteiger partial charge on any atom is -0.293 e. The number of nitrogens with one attached hydrogen (secondary N) is 1. The van der Waals surface area contributed by atoms with Crippen molar-refractivity contribution in [2.24, 2.45) is 0 Å². The number of H-pyrrole nitrogens is 1. The van der Waals surface area contributed by atoms with Gasteiger partial charge in [-0.05, 0) is 24.8 Å². The molecule has 116 valence electrons. The number of ketones is 1. The molecular formula is C16H19N3O2S. The minimum absolute atomic E-state index is 0.0610. The van der Waals surface area contributed by atoms with E-state index in [-0.39, 0.29) is 17.5 Å². The molecule has 1 heterocycles. The molecule has 1 aromatic heterocycles. The van der Waals surface area contributed by atoms with E-state index in [2.05, 4.69) is 17.1 Å². The molecule has 0 radical (unpaired) electrons. The predicted molar refractivity (Wildman–Crippen MR) is 86.6 cm³/mol. The summed E-state index contributed by atoms with van der Waals surface area (Å²) in [7, 11) is 0. The third-order valence-electron chi connectivity index (χ3n) is 3.73. The van der Waals surface area contributed by atoms with Crippen LogP contribution in [0.1, 0.15) is 48.1 Å². The third-order valence-corrected chi connectivity index (χ3v) is 4.68. The molecule has 1 fully saturated rings. The Hall–Kier alpha value is -1.82. The lowest BCUT2D eigenvalue weighted by Gasteiger charge is -2.04. The highest BCUT2D eigenvalue weighted by Gasteiger charge is 2.28. The lowest BCUT2D eigenvalue weighted by molar-refractivity contribution is 0.102. The molecule has 1 saturated carbocycles. The van der Waals surface area contributed by atoms with Crippen LogP contribution in [0.25, 0.3) is 0 Å². The number of hydrogen-bond donors (Lipinski definition) is 1. The van der Waals surface area contributed by atoms with Crippen molar-refractivity contribution in [1.82, 2.24) is 14.8 Å². The molecule has 0 aliphatic heterocycles. The van der Waals surface area contributed by atoms with E-state index < -0.39 is 0 Å². The molecule has 1 aromatic carbocycles. The van der Waals surface area contributed by atoms with Gasteiger partial charge in [-0.2, -0.15) is 0 Å². The van der Waals surface area contributed by atoms with Crippen LogP contribution in [0.4, 0.5) is 0 Å². The zero-order valence-electron chi connectivity index (χ0n) is 12.5. The van der Waals surface area contributed by atoms with Gasteiger partial charge in [-0.15, -0.1) is 5.10 Å². The summed E-state index contributed by atoms with van der Waals surface area (Å²) in [5, 5.41) is 7.10. The molecule has 1 aliphatic carbocycles. The van der Waals surface area contributed by atoms with Gasteiger partial charge in [-0.25, -0.2) is 9.89 Å². The van der Waals surface area contributed by atoms with Crippen LogP contribution in [0.3, 0.4) is 0 Å². The van der Waals surface area contributed by atoms with Gasteiger partial charge in [0.2, 0.25) is 0 Å². The fraction of sp³-hybridized carbons (Fsp3) is 0.438. The summed E-state index contributed by atoms with van der Waals surface area (Å²) in [6.45, 7) is 2.14. The van der Waals surface area contributed by atoms with E-state index in [0.29, 0.717) is 16.5 Å². The average molecular weight is 317 g/mol. The summed E-state index contributed by atoms with van der Waals surface area (Å²) in [5.74, 6) is 0.357. The molecule has 1 N–H and O–H groups in total. The van der Waals surface area contributed by atoms with Crippen LogP contribution in [-0.2, 0) is 6.42 Å². The van der Waals surface area contributed by atoms with E-state index in [0.717, 1.165) is 25.7 Å². The molecule has 0 amide bonds. The first-order valence-electron chi connectivity index (χ1n) is 7.61. The second kappa shape index (κ2) is 6.52. The lowest BCUT2D eigenvalue weighted by atomic mass is 10.1. The molecule has 6 heteroatoms. The van der Waals surface area contributed by atoms with Crippen molar-refractivity contribution in [1.29, 1.82) is 0 Å². The van der Waals surface area contributed by atoms with Crippen LogP contribution in [0, 0.1) is 0 Å². The summed E-state index contributed by atoms with van der Waals surface area (Å²) >= 11 is 1.32. The Morgan fingerprint density at radius 1 is 1.36 bits per heavy atom. The van der Waals surface area contributed by atoms with Crippen molar-refractivity contribution in [3.8, 4) is 0 Å². The minimum atomic E-state index is -0.179. The number of carbonyl (C=O) groups excluding carboxylic acids is 1. The average Bonchev–Trinajstić information content (AvgIpc) is 3.29. The Bertz CT molecular complexity index is 714. The van der Waals surface area contributed by atoms with Crippen LogP contribution >= 0.6 is 11.8 Å². The summed E-state index contributed by atoms with van der Waals surface area (Å²) in [6.07, 6.45) is 4.16. The molecule has 0 unspecified atom stereocenters. The summed E-state index contributed by atoms with van der Waals surface area (Å²) in [4.78, 5) is 23.9. The second-order valence-electron chi connectivity index (χ2n) is 5.57. The highest BCUT2D eigenvalue weighted by atomic mass is 32.2. The van der Waals surface area contributed by atoms with Gasteiger partial charge in [0.1, 0.15) is 0 Å². The number of benzene rings is 1. The van der Waals surface area contributed by atoms with Crippen molar-refractivity contribution in [3.05, 3.63) is 45.9 Å². The smallest absolute Gasteiger partial charge is 0.293 e. The maximum atomic E-state index is 12.2. The molecule has 0 spiro atoms. The zero-order chi connectivity index (χ0) is 15.5. The molecule has 0 bridgehead atoms. The van der Waals surface area contributed by atoms with Crippen molar-refractivity contribution in [3.63, 3.8) is 0 Å². The molecule has 3 rings (SSSR count). The standard InChI is InChI=1S/C16H19N3O2S/c1-2-3-11-4-6-12(7-5-11)14(20)10-22-16-18-17-15(21)19(16)13-8-9-13/h4-7,13H,2-3,8-10H2,1H3,(H,17,21). The summed E-state index contributed by atoms with van der Waals surface area (Å²) in [5.41, 5.74) is 1.78. The topological polar surface area (TPSA) is 67.8 Å². The second-order valence-corrected chi connectivity index (χ2v) is 6.51. The van der Waals surface area contributed by atoms with Crippen LogP contribution in [-0.4, -0.2) is 26.3 Å². The fourth-order valence-electron chi connectivity index (χ4n) is 2.41. The van der Waals surface area contributed by atoms with Crippen molar-refractivity contribution in [2.75, 3.05) is 5.75 Å². The Labute approximate surface area is 133 Å². The number of aryl methyl sites for hydroxylation is 1. The SMILES string of the molecule is CCCc1ccc(C(=O)CSc2n[nH]c(=O)n2C2CC2)cc1. The number of nitrogens with zero attached hydrogens (tertiary/aromatic N) is 2. The van der Waals surface area contributed by atoms with Crippen molar-refractivity contribution >= 4 is 17.5 Å². The molecule has 1 aliphatic rings.